The van der Waals surface area contributed by atoms with Crippen molar-refractivity contribution in [2.24, 2.45) is 0 Å². The van der Waals surface area contributed by atoms with E-state index in [2.05, 4.69) is 10.4 Å². The Labute approximate surface area is 105 Å². The molecule has 0 atom stereocenters. The van der Waals surface area contributed by atoms with Crippen LogP contribution in [0.15, 0.2) is 30.6 Å². The van der Waals surface area contributed by atoms with E-state index < -0.39 is 5.82 Å². The third-order valence-corrected chi connectivity index (χ3v) is 2.68. The van der Waals surface area contributed by atoms with Gasteiger partial charge < -0.3 is 10.4 Å². The van der Waals surface area contributed by atoms with Crippen molar-refractivity contribution in [3.63, 3.8) is 0 Å². The van der Waals surface area contributed by atoms with Gasteiger partial charge in [-0.2, -0.15) is 5.10 Å². The topological polar surface area (TPSA) is 50.1 Å². The van der Waals surface area contributed by atoms with Crippen LogP contribution in [0.25, 0.3) is 0 Å². The zero-order valence-corrected chi connectivity index (χ0v) is 10.4. The van der Waals surface area contributed by atoms with Gasteiger partial charge in [-0.1, -0.05) is 12.1 Å². The van der Waals surface area contributed by atoms with Crippen LogP contribution in [0.3, 0.4) is 0 Å². The van der Waals surface area contributed by atoms with E-state index in [0.717, 1.165) is 5.69 Å². The molecule has 0 unspecified atom stereocenters. The van der Waals surface area contributed by atoms with Gasteiger partial charge in [0.15, 0.2) is 11.6 Å². The SMILES string of the molecule is CC(C)n1cc(NCc2cccc(F)c2O)cn1. The van der Waals surface area contributed by atoms with Gasteiger partial charge in [0.25, 0.3) is 0 Å². The molecular weight excluding hydrogens is 233 g/mol. The number of aromatic nitrogens is 2. The predicted molar refractivity (Wildman–Crippen MR) is 68.0 cm³/mol. The monoisotopic (exact) mass is 249 g/mol. The average Bonchev–Trinajstić information content (AvgIpc) is 2.80. The first kappa shape index (κ1) is 12.4. The summed E-state index contributed by atoms with van der Waals surface area (Å²) in [4.78, 5) is 0. The lowest BCUT2D eigenvalue weighted by molar-refractivity contribution is 0.427. The summed E-state index contributed by atoms with van der Waals surface area (Å²) in [5.41, 5.74) is 1.36. The van der Waals surface area contributed by atoms with Gasteiger partial charge in [0.1, 0.15) is 0 Å². The summed E-state index contributed by atoms with van der Waals surface area (Å²) in [7, 11) is 0. The van der Waals surface area contributed by atoms with E-state index in [4.69, 9.17) is 0 Å². The van der Waals surface area contributed by atoms with Gasteiger partial charge in [0, 0.05) is 24.3 Å². The van der Waals surface area contributed by atoms with Gasteiger partial charge in [-0.15, -0.1) is 0 Å². The van der Waals surface area contributed by atoms with Crippen LogP contribution in [-0.4, -0.2) is 14.9 Å². The Kier molecular flexibility index (Phi) is 3.50. The van der Waals surface area contributed by atoms with E-state index in [0.29, 0.717) is 18.2 Å². The Hall–Kier alpha value is -2.04. The molecular formula is C13H16FN3O. The molecule has 0 amide bonds. The molecule has 1 heterocycles. The zero-order chi connectivity index (χ0) is 13.1. The first-order valence-electron chi connectivity index (χ1n) is 5.82. The van der Waals surface area contributed by atoms with Crippen molar-refractivity contribution in [3.8, 4) is 5.75 Å². The molecule has 0 spiro atoms. The maximum Gasteiger partial charge on any atom is 0.165 e. The summed E-state index contributed by atoms with van der Waals surface area (Å²) in [6.45, 7) is 4.43. The lowest BCUT2D eigenvalue weighted by atomic mass is 10.2. The number of rotatable bonds is 4. The highest BCUT2D eigenvalue weighted by atomic mass is 19.1. The minimum atomic E-state index is -0.604. The number of benzene rings is 1. The summed E-state index contributed by atoms with van der Waals surface area (Å²) in [5, 5.41) is 16.8. The molecule has 0 radical (unpaired) electrons. The predicted octanol–water partition coefficient (Wildman–Crippen LogP) is 2.92. The van der Waals surface area contributed by atoms with Crippen LogP contribution in [0.2, 0.25) is 0 Å². The number of nitrogens with one attached hydrogen (secondary N) is 1. The number of aromatic hydroxyl groups is 1. The molecule has 0 saturated carbocycles. The highest BCUT2D eigenvalue weighted by Crippen LogP contribution is 2.21. The van der Waals surface area contributed by atoms with Gasteiger partial charge in [-0.05, 0) is 19.9 Å². The van der Waals surface area contributed by atoms with Crippen molar-refractivity contribution in [1.82, 2.24) is 9.78 Å². The molecule has 0 bridgehead atoms. The number of anilines is 1. The summed E-state index contributed by atoms with van der Waals surface area (Å²) in [6.07, 6.45) is 3.58. The standard InChI is InChI=1S/C13H16FN3O/c1-9(2)17-8-11(7-16-17)15-6-10-4-3-5-12(14)13(10)18/h3-5,7-9,15,18H,6H2,1-2H3. The van der Waals surface area contributed by atoms with E-state index in [9.17, 15) is 9.50 Å². The van der Waals surface area contributed by atoms with E-state index >= 15 is 0 Å². The van der Waals surface area contributed by atoms with Gasteiger partial charge in [0.05, 0.1) is 11.9 Å². The highest BCUT2D eigenvalue weighted by Gasteiger charge is 2.07. The third-order valence-electron chi connectivity index (χ3n) is 2.68. The molecule has 0 aliphatic rings. The van der Waals surface area contributed by atoms with E-state index in [1.165, 1.54) is 6.07 Å². The Bertz CT molecular complexity index is 537. The van der Waals surface area contributed by atoms with E-state index in [1.807, 2.05) is 24.7 Å². The zero-order valence-electron chi connectivity index (χ0n) is 10.4. The van der Waals surface area contributed by atoms with Crippen LogP contribution in [0.5, 0.6) is 5.75 Å². The molecule has 0 aliphatic heterocycles. The molecule has 1 aromatic carbocycles. The Morgan fingerprint density at radius 1 is 1.44 bits per heavy atom. The molecule has 2 rings (SSSR count). The van der Waals surface area contributed by atoms with Gasteiger partial charge in [-0.3, -0.25) is 4.68 Å². The fourth-order valence-corrected chi connectivity index (χ4v) is 1.61. The van der Waals surface area contributed by atoms with Crippen LogP contribution in [-0.2, 0) is 6.54 Å². The quantitative estimate of drug-likeness (QED) is 0.876. The van der Waals surface area contributed by atoms with E-state index in [-0.39, 0.29) is 5.75 Å². The maximum absolute atomic E-state index is 13.1. The summed E-state index contributed by atoms with van der Waals surface area (Å²) in [5.74, 6) is -0.909. The second kappa shape index (κ2) is 5.08. The summed E-state index contributed by atoms with van der Waals surface area (Å²) < 4.78 is 14.9. The fraction of sp³-hybridized carbons (Fsp3) is 0.308. The number of phenolic OH excluding ortho intramolecular Hbond substituents is 1. The number of phenols is 1. The third kappa shape index (κ3) is 2.61. The Balaban J connectivity index is 2.04. The number of hydrogen-bond donors (Lipinski definition) is 2. The molecule has 0 saturated heterocycles. The van der Waals surface area contributed by atoms with Crippen LogP contribution < -0.4 is 5.32 Å². The highest BCUT2D eigenvalue weighted by molar-refractivity contribution is 5.42. The normalized spacial score (nSPS) is 10.9. The second-order valence-corrected chi connectivity index (χ2v) is 4.40. The second-order valence-electron chi connectivity index (χ2n) is 4.40. The molecule has 2 aromatic rings. The fourth-order valence-electron chi connectivity index (χ4n) is 1.61. The van der Waals surface area contributed by atoms with Gasteiger partial charge in [-0.25, -0.2) is 4.39 Å². The minimum absolute atomic E-state index is 0.295. The van der Waals surface area contributed by atoms with Crippen molar-refractivity contribution < 1.29 is 9.50 Å². The van der Waals surface area contributed by atoms with Gasteiger partial charge in [0.2, 0.25) is 0 Å². The van der Waals surface area contributed by atoms with Crippen molar-refractivity contribution in [2.75, 3.05) is 5.32 Å². The maximum atomic E-state index is 13.1. The largest absolute Gasteiger partial charge is 0.505 e. The van der Waals surface area contributed by atoms with Crippen molar-refractivity contribution in [3.05, 3.63) is 42.0 Å². The smallest absolute Gasteiger partial charge is 0.165 e. The van der Waals surface area contributed by atoms with Gasteiger partial charge >= 0.3 is 0 Å². The molecule has 0 fully saturated rings. The molecule has 1 aromatic heterocycles. The number of hydrogen-bond acceptors (Lipinski definition) is 3. The van der Waals surface area contributed by atoms with Crippen molar-refractivity contribution in [2.45, 2.75) is 26.4 Å². The molecule has 2 N–H and O–H groups in total. The first-order valence-corrected chi connectivity index (χ1v) is 5.82. The lowest BCUT2D eigenvalue weighted by Gasteiger charge is -2.07. The summed E-state index contributed by atoms with van der Waals surface area (Å²) in [6, 6.07) is 4.78. The molecule has 96 valence electrons. The Morgan fingerprint density at radius 3 is 2.89 bits per heavy atom. The van der Waals surface area contributed by atoms with Crippen molar-refractivity contribution in [1.29, 1.82) is 0 Å². The van der Waals surface area contributed by atoms with Crippen molar-refractivity contribution >= 4 is 5.69 Å². The minimum Gasteiger partial charge on any atom is -0.505 e. The Morgan fingerprint density at radius 2 is 2.22 bits per heavy atom. The molecule has 5 heteroatoms. The molecule has 18 heavy (non-hydrogen) atoms. The molecule has 4 nitrogen and oxygen atoms in total. The van der Waals surface area contributed by atoms with Crippen LogP contribution >= 0.6 is 0 Å². The lowest BCUT2D eigenvalue weighted by Crippen LogP contribution is -2.01. The average molecular weight is 249 g/mol. The number of para-hydroxylation sites is 1. The van der Waals surface area contributed by atoms with Crippen LogP contribution in [0.1, 0.15) is 25.5 Å². The summed E-state index contributed by atoms with van der Waals surface area (Å²) >= 11 is 0. The first-order chi connectivity index (χ1) is 8.58. The number of halogens is 1. The van der Waals surface area contributed by atoms with Crippen LogP contribution in [0, 0.1) is 5.82 Å². The number of nitrogens with zero attached hydrogens (tertiary/aromatic N) is 2. The van der Waals surface area contributed by atoms with E-state index in [1.54, 1.807) is 18.3 Å². The molecule has 0 aliphatic carbocycles. The van der Waals surface area contributed by atoms with Crippen LogP contribution in [0.4, 0.5) is 10.1 Å².